The third kappa shape index (κ3) is 3.51. The Balaban J connectivity index is 1.43. The number of rotatable bonds is 5. The molecule has 1 N–H and O–H groups in total. The second-order valence-electron chi connectivity index (χ2n) is 6.45. The highest BCUT2D eigenvalue weighted by Crippen LogP contribution is 2.25. The zero-order chi connectivity index (χ0) is 18.8. The summed E-state index contributed by atoms with van der Waals surface area (Å²) in [6.07, 6.45) is 0.263. The molecule has 0 radical (unpaired) electrons. The Kier molecular flexibility index (Phi) is 4.54. The molecule has 27 heavy (non-hydrogen) atoms. The van der Waals surface area contributed by atoms with Crippen molar-refractivity contribution < 1.29 is 18.7 Å². The van der Waals surface area contributed by atoms with E-state index in [-0.39, 0.29) is 30.0 Å². The van der Waals surface area contributed by atoms with Crippen molar-refractivity contribution in [3.05, 3.63) is 60.4 Å². The lowest BCUT2D eigenvalue weighted by Crippen LogP contribution is -2.37. The van der Waals surface area contributed by atoms with Crippen LogP contribution in [0.25, 0.3) is 11.0 Å². The summed E-state index contributed by atoms with van der Waals surface area (Å²) in [5.41, 5.74) is 1.46. The van der Waals surface area contributed by atoms with Crippen LogP contribution in [-0.4, -0.2) is 31.0 Å². The molecule has 4 rings (SSSR count). The molecule has 138 valence electrons. The molecule has 3 aromatic rings. The molecule has 2 amide bonds. The summed E-state index contributed by atoms with van der Waals surface area (Å²) in [7, 11) is 0. The number of ether oxygens (including phenoxy) is 1. The van der Waals surface area contributed by atoms with Gasteiger partial charge in [0.1, 0.15) is 11.3 Å². The summed E-state index contributed by atoms with van der Waals surface area (Å²) in [6, 6.07) is 16.3. The summed E-state index contributed by atoms with van der Waals surface area (Å²) in [5, 5.41) is 3.77. The van der Waals surface area contributed by atoms with Crippen LogP contribution in [0.4, 0.5) is 5.69 Å². The maximum atomic E-state index is 12.5. The molecule has 1 atom stereocenters. The van der Waals surface area contributed by atoms with Gasteiger partial charge in [0.15, 0.2) is 5.76 Å². The van der Waals surface area contributed by atoms with Crippen LogP contribution in [0.1, 0.15) is 23.9 Å². The second-order valence-corrected chi connectivity index (χ2v) is 6.45. The fourth-order valence-electron chi connectivity index (χ4n) is 3.29. The molecule has 1 fully saturated rings. The lowest BCUT2D eigenvalue weighted by atomic mass is 10.2. The normalized spacial score (nSPS) is 16.7. The van der Waals surface area contributed by atoms with E-state index in [4.69, 9.17) is 9.15 Å². The van der Waals surface area contributed by atoms with E-state index in [0.29, 0.717) is 18.7 Å². The topological polar surface area (TPSA) is 71.8 Å². The number of fused-ring (bicyclic) bond motifs is 1. The minimum absolute atomic E-state index is 0.0194. The van der Waals surface area contributed by atoms with Crippen molar-refractivity contribution in [1.82, 2.24) is 5.32 Å². The lowest BCUT2D eigenvalue weighted by molar-refractivity contribution is -0.117. The highest BCUT2D eigenvalue weighted by molar-refractivity contribution is 5.99. The molecule has 0 saturated carbocycles. The summed E-state index contributed by atoms with van der Waals surface area (Å²) >= 11 is 0. The average Bonchev–Trinajstić information content (AvgIpc) is 3.26. The SMILES string of the molecule is CCOc1ccc(N2C[C@H](NC(=O)c3cc4ccccc4o3)CC2=O)cc1. The van der Waals surface area contributed by atoms with Gasteiger partial charge in [-0.15, -0.1) is 0 Å². The number of hydrogen-bond acceptors (Lipinski definition) is 4. The number of carbonyl (C=O) groups is 2. The van der Waals surface area contributed by atoms with Crippen molar-refractivity contribution in [1.29, 1.82) is 0 Å². The van der Waals surface area contributed by atoms with Gasteiger partial charge >= 0.3 is 0 Å². The number of hydrogen-bond donors (Lipinski definition) is 1. The molecule has 6 nitrogen and oxygen atoms in total. The van der Waals surface area contributed by atoms with E-state index in [0.717, 1.165) is 16.8 Å². The van der Waals surface area contributed by atoms with Gasteiger partial charge in [-0.1, -0.05) is 18.2 Å². The Morgan fingerprint density at radius 2 is 2.00 bits per heavy atom. The maximum Gasteiger partial charge on any atom is 0.287 e. The first-order chi connectivity index (χ1) is 13.1. The first-order valence-electron chi connectivity index (χ1n) is 8.96. The fourth-order valence-corrected chi connectivity index (χ4v) is 3.29. The first-order valence-corrected chi connectivity index (χ1v) is 8.96. The number of carbonyl (C=O) groups excluding carboxylic acids is 2. The molecule has 0 bridgehead atoms. The third-order valence-electron chi connectivity index (χ3n) is 4.57. The van der Waals surface area contributed by atoms with Crippen molar-refractivity contribution >= 4 is 28.5 Å². The predicted molar refractivity (Wildman–Crippen MR) is 102 cm³/mol. The number of para-hydroxylation sites is 1. The van der Waals surface area contributed by atoms with Gasteiger partial charge < -0.3 is 19.4 Å². The van der Waals surface area contributed by atoms with Crippen LogP contribution >= 0.6 is 0 Å². The summed E-state index contributed by atoms with van der Waals surface area (Å²) in [4.78, 5) is 26.5. The molecular weight excluding hydrogens is 344 g/mol. The van der Waals surface area contributed by atoms with E-state index in [1.54, 1.807) is 11.0 Å². The van der Waals surface area contributed by atoms with Crippen molar-refractivity contribution in [2.45, 2.75) is 19.4 Å². The van der Waals surface area contributed by atoms with Gasteiger partial charge in [0.05, 0.1) is 12.6 Å². The zero-order valence-corrected chi connectivity index (χ0v) is 15.0. The number of benzene rings is 2. The van der Waals surface area contributed by atoms with E-state index in [1.165, 1.54) is 0 Å². The van der Waals surface area contributed by atoms with Gasteiger partial charge in [-0.05, 0) is 43.3 Å². The summed E-state index contributed by atoms with van der Waals surface area (Å²) in [6.45, 7) is 2.95. The molecule has 0 spiro atoms. The number of amides is 2. The van der Waals surface area contributed by atoms with Crippen LogP contribution in [-0.2, 0) is 4.79 Å². The molecule has 2 aromatic carbocycles. The zero-order valence-electron chi connectivity index (χ0n) is 15.0. The molecule has 0 unspecified atom stereocenters. The Morgan fingerprint density at radius 1 is 1.22 bits per heavy atom. The van der Waals surface area contributed by atoms with E-state index in [9.17, 15) is 9.59 Å². The third-order valence-corrected chi connectivity index (χ3v) is 4.57. The van der Waals surface area contributed by atoms with Crippen molar-refractivity contribution in [2.24, 2.45) is 0 Å². The second kappa shape index (κ2) is 7.15. The monoisotopic (exact) mass is 364 g/mol. The molecule has 1 aliphatic rings. The van der Waals surface area contributed by atoms with Crippen molar-refractivity contribution in [2.75, 3.05) is 18.1 Å². The number of nitrogens with one attached hydrogen (secondary N) is 1. The number of anilines is 1. The Bertz CT molecular complexity index is 944. The summed E-state index contributed by atoms with van der Waals surface area (Å²) < 4.78 is 11.0. The Morgan fingerprint density at radius 3 is 2.74 bits per heavy atom. The van der Waals surface area contributed by atoms with E-state index >= 15 is 0 Å². The van der Waals surface area contributed by atoms with E-state index < -0.39 is 0 Å². The van der Waals surface area contributed by atoms with Crippen LogP contribution in [0.3, 0.4) is 0 Å². The quantitative estimate of drug-likeness (QED) is 0.753. The van der Waals surface area contributed by atoms with Gasteiger partial charge in [-0.2, -0.15) is 0 Å². The van der Waals surface area contributed by atoms with Crippen molar-refractivity contribution in [3.63, 3.8) is 0 Å². The largest absolute Gasteiger partial charge is 0.494 e. The molecule has 2 heterocycles. The van der Waals surface area contributed by atoms with Crippen LogP contribution in [0, 0.1) is 0 Å². The Labute approximate surface area is 156 Å². The molecule has 0 aliphatic carbocycles. The van der Waals surface area contributed by atoms with Crippen LogP contribution in [0.15, 0.2) is 59.0 Å². The van der Waals surface area contributed by atoms with Crippen LogP contribution < -0.4 is 15.0 Å². The van der Waals surface area contributed by atoms with E-state index in [1.807, 2.05) is 55.5 Å². The van der Waals surface area contributed by atoms with E-state index in [2.05, 4.69) is 5.32 Å². The molecule has 1 aromatic heterocycles. The number of furan rings is 1. The number of nitrogens with zero attached hydrogens (tertiary/aromatic N) is 1. The standard InChI is InChI=1S/C21H20N2O4/c1-2-26-17-9-7-16(8-10-17)23-13-15(12-20(23)24)22-21(25)19-11-14-5-3-4-6-18(14)27-19/h3-11,15H,2,12-13H2,1H3,(H,22,25)/t15-/m1/s1. The van der Waals surface area contributed by atoms with Gasteiger partial charge in [0.2, 0.25) is 5.91 Å². The van der Waals surface area contributed by atoms with Gasteiger partial charge in [0, 0.05) is 24.0 Å². The minimum Gasteiger partial charge on any atom is -0.494 e. The molecular formula is C21H20N2O4. The summed E-state index contributed by atoms with van der Waals surface area (Å²) in [5.74, 6) is 0.692. The van der Waals surface area contributed by atoms with Crippen LogP contribution in [0.2, 0.25) is 0 Å². The smallest absolute Gasteiger partial charge is 0.287 e. The van der Waals surface area contributed by atoms with Crippen LogP contribution in [0.5, 0.6) is 5.75 Å². The molecule has 6 heteroatoms. The van der Waals surface area contributed by atoms with Gasteiger partial charge in [0.25, 0.3) is 5.91 Å². The van der Waals surface area contributed by atoms with Gasteiger partial charge in [-0.3, -0.25) is 9.59 Å². The van der Waals surface area contributed by atoms with Gasteiger partial charge in [-0.25, -0.2) is 0 Å². The molecule has 1 aliphatic heterocycles. The highest BCUT2D eigenvalue weighted by atomic mass is 16.5. The average molecular weight is 364 g/mol. The lowest BCUT2D eigenvalue weighted by Gasteiger charge is -2.17. The first kappa shape index (κ1) is 17.1. The van der Waals surface area contributed by atoms with Crippen molar-refractivity contribution in [3.8, 4) is 5.75 Å². The fraction of sp³-hybridized carbons (Fsp3) is 0.238. The Hall–Kier alpha value is -3.28. The maximum absolute atomic E-state index is 12.5. The highest BCUT2D eigenvalue weighted by Gasteiger charge is 2.32. The minimum atomic E-state index is -0.308. The predicted octanol–water partition coefficient (Wildman–Crippen LogP) is 3.37. The molecule has 1 saturated heterocycles.